The average molecular weight is 284 g/mol. The molecule has 0 aliphatic heterocycles. The Hall–Kier alpha value is -1.87. The molecule has 1 unspecified atom stereocenters. The summed E-state index contributed by atoms with van der Waals surface area (Å²) in [7, 11) is 1.67. The van der Waals surface area contributed by atoms with Gasteiger partial charge in [0.05, 0.1) is 13.2 Å². The Kier molecular flexibility index (Phi) is 5.34. The van der Waals surface area contributed by atoms with Gasteiger partial charge in [-0.3, -0.25) is 0 Å². The summed E-state index contributed by atoms with van der Waals surface area (Å²) in [6, 6.07) is 10.8. The number of nitrogens with zero attached hydrogens (tertiary/aromatic N) is 1. The van der Waals surface area contributed by atoms with Gasteiger partial charge in [0.15, 0.2) is 0 Å². The molecule has 0 fully saturated rings. The molecule has 3 heteroatoms. The summed E-state index contributed by atoms with van der Waals surface area (Å²) in [4.78, 5) is 4.33. The summed E-state index contributed by atoms with van der Waals surface area (Å²) < 4.78 is 5.44. The van der Waals surface area contributed by atoms with Gasteiger partial charge in [0.1, 0.15) is 0 Å². The van der Waals surface area contributed by atoms with Crippen molar-refractivity contribution >= 4 is 0 Å². The maximum absolute atomic E-state index is 5.44. The summed E-state index contributed by atoms with van der Waals surface area (Å²) >= 11 is 0. The molecular formula is C18H24N2O. The maximum Gasteiger partial charge on any atom is 0.218 e. The Morgan fingerprint density at radius 3 is 2.52 bits per heavy atom. The zero-order valence-electron chi connectivity index (χ0n) is 13.3. The lowest BCUT2D eigenvalue weighted by Crippen LogP contribution is -2.24. The number of ether oxygens (including phenoxy) is 1. The average Bonchev–Trinajstić information content (AvgIpc) is 2.47. The van der Waals surface area contributed by atoms with Crippen LogP contribution in [0.1, 0.15) is 41.6 Å². The first-order chi connectivity index (χ1) is 10.2. The highest BCUT2D eigenvalue weighted by atomic mass is 16.5. The predicted molar refractivity (Wildman–Crippen MR) is 86.8 cm³/mol. The third-order valence-electron chi connectivity index (χ3n) is 3.48. The fraction of sp³-hybridized carbons (Fsp3) is 0.389. The minimum absolute atomic E-state index is 0.104. The summed E-state index contributed by atoms with van der Waals surface area (Å²) in [6.45, 7) is 7.39. The molecule has 0 saturated carbocycles. The molecule has 112 valence electrons. The van der Waals surface area contributed by atoms with Crippen molar-refractivity contribution in [3.63, 3.8) is 0 Å². The number of hydrogen-bond donors (Lipinski definition) is 1. The van der Waals surface area contributed by atoms with Crippen molar-refractivity contribution in [3.8, 4) is 5.88 Å². The van der Waals surface area contributed by atoms with E-state index in [-0.39, 0.29) is 6.04 Å². The molecule has 0 aliphatic rings. The predicted octanol–water partition coefficient (Wildman–Crippen LogP) is 3.80. The Morgan fingerprint density at radius 1 is 1.19 bits per heavy atom. The highest BCUT2D eigenvalue weighted by Crippen LogP contribution is 2.29. The Morgan fingerprint density at radius 2 is 1.90 bits per heavy atom. The molecular weight excluding hydrogens is 260 g/mol. The van der Waals surface area contributed by atoms with E-state index in [2.05, 4.69) is 55.3 Å². The smallest absolute Gasteiger partial charge is 0.218 e. The monoisotopic (exact) mass is 284 g/mol. The van der Waals surface area contributed by atoms with Crippen molar-refractivity contribution in [1.29, 1.82) is 0 Å². The highest BCUT2D eigenvalue weighted by molar-refractivity contribution is 5.40. The van der Waals surface area contributed by atoms with E-state index < -0.39 is 0 Å². The second-order valence-corrected chi connectivity index (χ2v) is 5.41. The van der Waals surface area contributed by atoms with Crippen LogP contribution in [-0.2, 0) is 0 Å². The number of hydrogen-bond acceptors (Lipinski definition) is 3. The third-order valence-corrected chi connectivity index (χ3v) is 3.48. The standard InChI is InChI=1S/C18H24N2O/c1-5-8-19-17(15-11-13(2)10-14(3)12-15)16-7-6-9-20-18(16)21-4/h6-7,9-12,17,19H,5,8H2,1-4H3. The molecule has 2 aromatic rings. The Balaban J connectivity index is 2.46. The lowest BCUT2D eigenvalue weighted by Gasteiger charge is -2.22. The third kappa shape index (κ3) is 3.82. The SMILES string of the molecule is CCCNC(c1cc(C)cc(C)c1)c1cccnc1OC. The van der Waals surface area contributed by atoms with Crippen LogP contribution >= 0.6 is 0 Å². The number of pyridine rings is 1. The quantitative estimate of drug-likeness (QED) is 0.876. The van der Waals surface area contributed by atoms with Gasteiger partial charge in [-0.1, -0.05) is 42.3 Å². The molecule has 0 aliphatic carbocycles. The van der Waals surface area contributed by atoms with Gasteiger partial charge in [-0.15, -0.1) is 0 Å². The van der Waals surface area contributed by atoms with Crippen molar-refractivity contribution < 1.29 is 4.74 Å². The van der Waals surface area contributed by atoms with Gasteiger partial charge in [0, 0.05) is 11.8 Å². The Bertz CT molecular complexity index is 575. The van der Waals surface area contributed by atoms with Gasteiger partial charge in [-0.2, -0.15) is 0 Å². The number of benzene rings is 1. The summed E-state index contributed by atoms with van der Waals surface area (Å²) in [5, 5.41) is 3.61. The topological polar surface area (TPSA) is 34.2 Å². The molecule has 0 bridgehead atoms. The van der Waals surface area contributed by atoms with Crippen LogP contribution in [0.25, 0.3) is 0 Å². The van der Waals surface area contributed by atoms with Crippen LogP contribution in [0, 0.1) is 13.8 Å². The first-order valence-corrected chi connectivity index (χ1v) is 7.46. The lowest BCUT2D eigenvalue weighted by atomic mass is 9.96. The summed E-state index contributed by atoms with van der Waals surface area (Å²) in [5.74, 6) is 0.685. The van der Waals surface area contributed by atoms with Gasteiger partial charge in [-0.05, 0) is 38.4 Å². The largest absolute Gasteiger partial charge is 0.481 e. The van der Waals surface area contributed by atoms with E-state index in [0.29, 0.717) is 5.88 Å². The molecule has 1 heterocycles. The van der Waals surface area contributed by atoms with E-state index >= 15 is 0 Å². The lowest BCUT2D eigenvalue weighted by molar-refractivity contribution is 0.387. The first kappa shape index (κ1) is 15.5. The zero-order valence-corrected chi connectivity index (χ0v) is 13.3. The van der Waals surface area contributed by atoms with Crippen LogP contribution < -0.4 is 10.1 Å². The maximum atomic E-state index is 5.44. The van der Waals surface area contributed by atoms with Crippen LogP contribution in [0.15, 0.2) is 36.5 Å². The van der Waals surface area contributed by atoms with Crippen molar-refractivity contribution in [2.45, 2.75) is 33.2 Å². The number of methoxy groups -OCH3 is 1. The zero-order chi connectivity index (χ0) is 15.2. The summed E-state index contributed by atoms with van der Waals surface area (Å²) in [5.41, 5.74) is 4.89. The Labute approximate surface area is 127 Å². The van der Waals surface area contributed by atoms with Crippen LogP contribution in [-0.4, -0.2) is 18.6 Å². The van der Waals surface area contributed by atoms with Crippen molar-refractivity contribution in [2.24, 2.45) is 0 Å². The molecule has 3 nitrogen and oxygen atoms in total. The van der Waals surface area contributed by atoms with E-state index in [0.717, 1.165) is 18.5 Å². The number of aryl methyl sites for hydroxylation is 2. The summed E-state index contributed by atoms with van der Waals surface area (Å²) in [6.07, 6.45) is 2.85. The minimum atomic E-state index is 0.104. The van der Waals surface area contributed by atoms with Crippen molar-refractivity contribution in [3.05, 3.63) is 58.8 Å². The van der Waals surface area contributed by atoms with E-state index in [4.69, 9.17) is 4.74 Å². The van der Waals surface area contributed by atoms with Gasteiger partial charge in [0.25, 0.3) is 0 Å². The molecule has 0 spiro atoms. The molecule has 1 N–H and O–H groups in total. The molecule has 1 atom stereocenters. The molecule has 2 rings (SSSR count). The molecule has 0 radical (unpaired) electrons. The first-order valence-electron chi connectivity index (χ1n) is 7.46. The van der Waals surface area contributed by atoms with Gasteiger partial charge in [-0.25, -0.2) is 4.98 Å². The van der Waals surface area contributed by atoms with Crippen LogP contribution in [0.5, 0.6) is 5.88 Å². The van der Waals surface area contributed by atoms with Crippen LogP contribution in [0.2, 0.25) is 0 Å². The van der Waals surface area contributed by atoms with Gasteiger partial charge < -0.3 is 10.1 Å². The minimum Gasteiger partial charge on any atom is -0.481 e. The van der Waals surface area contributed by atoms with E-state index in [1.807, 2.05) is 6.07 Å². The fourth-order valence-electron chi connectivity index (χ4n) is 2.67. The van der Waals surface area contributed by atoms with Crippen LogP contribution in [0.3, 0.4) is 0 Å². The number of aromatic nitrogens is 1. The van der Waals surface area contributed by atoms with E-state index in [1.54, 1.807) is 13.3 Å². The number of rotatable bonds is 6. The normalized spacial score (nSPS) is 12.2. The molecule has 1 aromatic carbocycles. The number of nitrogens with one attached hydrogen (secondary N) is 1. The molecule has 0 amide bonds. The van der Waals surface area contributed by atoms with E-state index in [9.17, 15) is 0 Å². The molecule has 21 heavy (non-hydrogen) atoms. The van der Waals surface area contributed by atoms with Crippen molar-refractivity contribution in [1.82, 2.24) is 10.3 Å². The van der Waals surface area contributed by atoms with Gasteiger partial charge >= 0.3 is 0 Å². The second kappa shape index (κ2) is 7.23. The van der Waals surface area contributed by atoms with Gasteiger partial charge in [0.2, 0.25) is 5.88 Å². The highest BCUT2D eigenvalue weighted by Gasteiger charge is 2.18. The van der Waals surface area contributed by atoms with E-state index in [1.165, 1.54) is 16.7 Å². The second-order valence-electron chi connectivity index (χ2n) is 5.41. The van der Waals surface area contributed by atoms with Crippen molar-refractivity contribution in [2.75, 3.05) is 13.7 Å². The molecule has 0 saturated heterocycles. The molecule has 1 aromatic heterocycles. The van der Waals surface area contributed by atoms with Crippen LogP contribution in [0.4, 0.5) is 0 Å². The fourth-order valence-corrected chi connectivity index (χ4v) is 2.67.